The maximum atomic E-state index is 8.77. The summed E-state index contributed by atoms with van der Waals surface area (Å²) in [5.74, 6) is 5.71. The maximum Gasteiger partial charge on any atom is 0.104 e. The molecule has 1 aromatic rings. The number of likely N-dealkylation sites (tertiary alicyclic amines) is 1. The van der Waals surface area contributed by atoms with Gasteiger partial charge in [0.2, 0.25) is 0 Å². The summed E-state index contributed by atoms with van der Waals surface area (Å²) in [6.07, 6.45) is 2.32. The Kier molecular flexibility index (Phi) is 6.51. The van der Waals surface area contributed by atoms with Crippen LogP contribution in [0.5, 0.6) is 0 Å². The highest BCUT2D eigenvalue weighted by Crippen LogP contribution is 2.21. The molecule has 1 aliphatic heterocycles. The molecule has 0 saturated carbocycles. The summed E-state index contributed by atoms with van der Waals surface area (Å²) in [5.41, 5.74) is 1.03. The second-order valence-corrected chi connectivity index (χ2v) is 5.79. The van der Waals surface area contributed by atoms with Gasteiger partial charge in [0.1, 0.15) is 6.61 Å². The Morgan fingerprint density at radius 3 is 2.85 bits per heavy atom. The zero-order valence-corrected chi connectivity index (χ0v) is 12.4. The van der Waals surface area contributed by atoms with Crippen LogP contribution >= 0.6 is 11.3 Å². The third-order valence-electron chi connectivity index (χ3n) is 3.39. The first-order chi connectivity index (χ1) is 9.83. The third-order valence-corrected chi connectivity index (χ3v) is 4.30. The number of piperidine rings is 1. The van der Waals surface area contributed by atoms with Crippen LogP contribution in [-0.4, -0.2) is 54.1 Å². The van der Waals surface area contributed by atoms with Crippen molar-refractivity contribution in [2.45, 2.75) is 25.5 Å². The average Bonchev–Trinajstić information content (AvgIpc) is 2.91. The lowest BCUT2D eigenvalue weighted by Gasteiger charge is -2.31. The zero-order valence-electron chi connectivity index (χ0n) is 11.5. The second-order valence-electron chi connectivity index (χ2n) is 4.79. The molecule has 0 aliphatic carbocycles. The molecule has 110 valence electrons. The molecule has 0 radical (unpaired) electrons. The van der Waals surface area contributed by atoms with Crippen molar-refractivity contribution in [3.05, 3.63) is 21.9 Å². The number of aliphatic hydroxyl groups excluding tert-OH is 2. The van der Waals surface area contributed by atoms with Crippen LogP contribution in [0.15, 0.2) is 11.4 Å². The van der Waals surface area contributed by atoms with Crippen molar-refractivity contribution in [2.75, 3.05) is 32.9 Å². The van der Waals surface area contributed by atoms with Crippen LogP contribution in [-0.2, 0) is 11.3 Å². The fraction of sp³-hybridized carbons (Fsp3) is 0.600. The molecule has 1 saturated heterocycles. The Labute approximate surface area is 124 Å². The molecule has 1 aliphatic rings. The van der Waals surface area contributed by atoms with Crippen LogP contribution < -0.4 is 0 Å². The average molecular weight is 295 g/mol. The topological polar surface area (TPSA) is 52.9 Å². The summed E-state index contributed by atoms with van der Waals surface area (Å²) in [6, 6.07) is 2.01. The van der Waals surface area contributed by atoms with E-state index in [0.717, 1.165) is 38.0 Å². The van der Waals surface area contributed by atoms with Gasteiger partial charge in [-0.25, -0.2) is 0 Å². The van der Waals surface area contributed by atoms with Crippen LogP contribution in [0, 0.1) is 11.8 Å². The number of aliphatic hydroxyl groups is 2. The van der Waals surface area contributed by atoms with E-state index in [9.17, 15) is 0 Å². The fourth-order valence-electron chi connectivity index (χ4n) is 2.37. The molecule has 2 rings (SSSR count). The molecule has 1 fully saturated rings. The van der Waals surface area contributed by atoms with Gasteiger partial charge in [0.25, 0.3) is 0 Å². The predicted octanol–water partition coefficient (Wildman–Crippen LogP) is 1.07. The molecule has 20 heavy (non-hydrogen) atoms. The van der Waals surface area contributed by atoms with Gasteiger partial charge in [0, 0.05) is 30.1 Å². The second kappa shape index (κ2) is 8.40. The fourth-order valence-corrected chi connectivity index (χ4v) is 3.24. The first-order valence-electron chi connectivity index (χ1n) is 6.94. The SMILES string of the molecule is OCC#Cc1ccsc1CN1CCC(OCCO)CC1. The number of hydrogen-bond donors (Lipinski definition) is 2. The predicted molar refractivity (Wildman–Crippen MR) is 79.6 cm³/mol. The van der Waals surface area contributed by atoms with E-state index in [-0.39, 0.29) is 19.3 Å². The smallest absolute Gasteiger partial charge is 0.104 e. The molecular formula is C15H21NO3S. The molecule has 0 bridgehead atoms. The highest BCUT2D eigenvalue weighted by molar-refractivity contribution is 7.10. The van der Waals surface area contributed by atoms with Gasteiger partial charge >= 0.3 is 0 Å². The summed E-state index contributed by atoms with van der Waals surface area (Å²) < 4.78 is 5.57. The normalized spacial score (nSPS) is 16.9. The number of hydrogen-bond acceptors (Lipinski definition) is 5. The van der Waals surface area contributed by atoms with E-state index in [1.807, 2.05) is 11.4 Å². The van der Waals surface area contributed by atoms with Crippen LogP contribution in [0.1, 0.15) is 23.3 Å². The van der Waals surface area contributed by atoms with Gasteiger partial charge in [-0.3, -0.25) is 4.90 Å². The van der Waals surface area contributed by atoms with Gasteiger partial charge in [0.05, 0.1) is 19.3 Å². The number of thiophene rings is 1. The minimum Gasteiger partial charge on any atom is -0.394 e. The summed E-state index contributed by atoms with van der Waals surface area (Å²) in [5, 5.41) is 19.6. The van der Waals surface area contributed by atoms with Crippen molar-refractivity contribution in [3.8, 4) is 11.8 Å². The van der Waals surface area contributed by atoms with Gasteiger partial charge < -0.3 is 14.9 Å². The monoisotopic (exact) mass is 295 g/mol. The molecule has 5 heteroatoms. The van der Waals surface area contributed by atoms with Gasteiger partial charge in [-0.1, -0.05) is 11.8 Å². The maximum absolute atomic E-state index is 8.77. The van der Waals surface area contributed by atoms with Gasteiger partial charge in [-0.05, 0) is 24.3 Å². The molecule has 0 atom stereocenters. The largest absolute Gasteiger partial charge is 0.394 e. The Hall–Kier alpha value is -0.900. The first kappa shape index (κ1) is 15.5. The lowest BCUT2D eigenvalue weighted by Crippen LogP contribution is -2.36. The summed E-state index contributed by atoms with van der Waals surface area (Å²) in [4.78, 5) is 3.68. The number of ether oxygens (including phenoxy) is 1. The molecular weight excluding hydrogens is 274 g/mol. The lowest BCUT2D eigenvalue weighted by atomic mass is 10.1. The van der Waals surface area contributed by atoms with Crippen molar-refractivity contribution < 1.29 is 14.9 Å². The number of rotatable bonds is 5. The van der Waals surface area contributed by atoms with Crippen LogP contribution in [0.25, 0.3) is 0 Å². The quantitative estimate of drug-likeness (QED) is 0.798. The Balaban J connectivity index is 1.82. The standard InChI is InChI=1S/C15H21NO3S/c17-8-1-2-13-5-11-20-15(13)12-16-6-3-14(4-7-16)19-10-9-18/h5,11,14,17-18H,3-4,6-10,12H2. The Morgan fingerprint density at radius 1 is 1.35 bits per heavy atom. The minimum atomic E-state index is -0.0944. The Bertz CT molecular complexity index is 455. The molecule has 0 amide bonds. The van der Waals surface area contributed by atoms with E-state index in [0.29, 0.717) is 6.61 Å². The molecule has 4 nitrogen and oxygen atoms in total. The van der Waals surface area contributed by atoms with Crippen LogP contribution in [0.4, 0.5) is 0 Å². The van der Waals surface area contributed by atoms with Gasteiger partial charge in [0.15, 0.2) is 0 Å². The van der Waals surface area contributed by atoms with Crippen molar-refractivity contribution in [1.82, 2.24) is 4.90 Å². The highest BCUT2D eigenvalue weighted by atomic mass is 32.1. The van der Waals surface area contributed by atoms with E-state index in [4.69, 9.17) is 14.9 Å². The van der Waals surface area contributed by atoms with E-state index in [1.54, 1.807) is 11.3 Å². The summed E-state index contributed by atoms with van der Waals surface area (Å²) >= 11 is 1.72. The molecule has 2 N–H and O–H groups in total. The highest BCUT2D eigenvalue weighted by Gasteiger charge is 2.20. The van der Waals surface area contributed by atoms with E-state index < -0.39 is 0 Å². The molecule has 2 heterocycles. The van der Waals surface area contributed by atoms with Gasteiger partial charge in [-0.2, -0.15) is 0 Å². The molecule has 0 aromatic carbocycles. The van der Waals surface area contributed by atoms with Crippen molar-refractivity contribution in [2.24, 2.45) is 0 Å². The summed E-state index contributed by atoms with van der Waals surface area (Å²) in [6.45, 7) is 3.39. The van der Waals surface area contributed by atoms with E-state index in [2.05, 4.69) is 16.7 Å². The summed E-state index contributed by atoms with van der Waals surface area (Å²) in [7, 11) is 0. The van der Waals surface area contributed by atoms with Crippen molar-refractivity contribution in [3.63, 3.8) is 0 Å². The molecule has 0 spiro atoms. The van der Waals surface area contributed by atoms with Crippen molar-refractivity contribution >= 4 is 11.3 Å². The van der Waals surface area contributed by atoms with Gasteiger partial charge in [-0.15, -0.1) is 11.3 Å². The lowest BCUT2D eigenvalue weighted by molar-refractivity contribution is -0.00887. The zero-order chi connectivity index (χ0) is 14.2. The van der Waals surface area contributed by atoms with E-state index in [1.165, 1.54) is 4.88 Å². The van der Waals surface area contributed by atoms with Crippen molar-refractivity contribution in [1.29, 1.82) is 0 Å². The minimum absolute atomic E-state index is 0.0944. The van der Waals surface area contributed by atoms with Crippen LogP contribution in [0.3, 0.4) is 0 Å². The van der Waals surface area contributed by atoms with Crippen LogP contribution in [0.2, 0.25) is 0 Å². The Morgan fingerprint density at radius 2 is 2.15 bits per heavy atom. The molecule has 0 unspecified atom stereocenters. The number of nitrogens with zero attached hydrogens (tertiary/aromatic N) is 1. The third kappa shape index (κ3) is 4.58. The van der Waals surface area contributed by atoms with E-state index >= 15 is 0 Å². The first-order valence-corrected chi connectivity index (χ1v) is 7.82. The molecule has 1 aromatic heterocycles.